The quantitative estimate of drug-likeness (QED) is 0.382. The van der Waals surface area contributed by atoms with Gasteiger partial charge in [0.15, 0.2) is 0 Å². The number of carbonyl (C=O) groups excluding carboxylic acids is 3. The highest BCUT2D eigenvalue weighted by Gasteiger charge is 2.46. The summed E-state index contributed by atoms with van der Waals surface area (Å²) in [6, 6.07) is 0.0436. The molecule has 4 amide bonds. The molecule has 0 aromatic rings. The Bertz CT molecular complexity index is 456. The van der Waals surface area contributed by atoms with Crippen molar-refractivity contribution in [3.8, 4) is 0 Å². The van der Waals surface area contributed by atoms with Crippen LogP contribution in [0.2, 0.25) is 0 Å². The summed E-state index contributed by atoms with van der Waals surface area (Å²) in [4.78, 5) is 36.6. The minimum Gasteiger partial charge on any atom is -0.353 e. The summed E-state index contributed by atoms with van der Waals surface area (Å²) in [6.45, 7) is 4.42. The van der Waals surface area contributed by atoms with Gasteiger partial charge in [-0.1, -0.05) is 25.7 Å². The normalized spacial score (nSPS) is 21.9. The van der Waals surface area contributed by atoms with Crippen LogP contribution < -0.4 is 16.0 Å². The van der Waals surface area contributed by atoms with Gasteiger partial charge in [-0.3, -0.25) is 14.9 Å². The molecule has 0 atom stereocenters. The van der Waals surface area contributed by atoms with E-state index in [1.54, 1.807) is 13.8 Å². The number of hydrogen-bond acceptors (Lipinski definition) is 4. The lowest BCUT2D eigenvalue weighted by molar-refractivity contribution is -0.127. The first-order valence-corrected chi connectivity index (χ1v) is 8.54. The highest BCUT2D eigenvalue weighted by atomic mass is 16.2. The van der Waals surface area contributed by atoms with E-state index in [-0.39, 0.29) is 18.4 Å². The third kappa shape index (κ3) is 4.67. The van der Waals surface area contributed by atoms with Crippen molar-refractivity contribution in [1.82, 2.24) is 20.9 Å². The number of imide groups is 1. The van der Waals surface area contributed by atoms with Crippen molar-refractivity contribution in [3.63, 3.8) is 0 Å². The van der Waals surface area contributed by atoms with E-state index >= 15 is 0 Å². The van der Waals surface area contributed by atoms with E-state index in [0.29, 0.717) is 12.6 Å². The van der Waals surface area contributed by atoms with Gasteiger partial charge in [-0.05, 0) is 26.7 Å². The number of carbonyl (C=O) groups is 3. The number of amides is 4. The van der Waals surface area contributed by atoms with Crippen LogP contribution in [0.4, 0.5) is 4.79 Å². The van der Waals surface area contributed by atoms with Crippen LogP contribution in [-0.2, 0) is 9.59 Å². The third-order valence-corrected chi connectivity index (χ3v) is 4.73. The standard InChI is InChI=1S/C16H28N4O3/c1-16(2)14(22)19-15(23)20(16)11-13(21)18-10-9-17-12-7-5-3-4-6-8-12/h12,17H,3-11H2,1-2H3,(H,18,21)(H,19,22,23). The zero-order chi connectivity index (χ0) is 16.9. The first kappa shape index (κ1) is 17.7. The van der Waals surface area contributed by atoms with Gasteiger partial charge >= 0.3 is 6.03 Å². The minimum atomic E-state index is -0.979. The molecule has 23 heavy (non-hydrogen) atoms. The molecule has 0 aromatic carbocycles. The van der Waals surface area contributed by atoms with E-state index in [1.165, 1.54) is 43.4 Å². The Morgan fingerprint density at radius 1 is 1.17 bits per heavy atom. The van der Waals surface area contributed by atoms with Crippen LogP contribution in [0.25, 0.3) is 0 Å². The second-order valence-electron chi connectivity index (χ2n) is 6.90. The molecule has 7 nitrogen and oxygen atoms in total. The van der Waals surface area contributed by atoms with Gasteiger partial charge in [-0.15, -0.1) is 0 Å². The second-order valence-corrected chi connectivity index (χ2v) is 6.90. The summed E-state index contributed by atoms with van der Waals surface area (Å²) in [5.41, 5.74) is -0.979. The van der Waals surface area contributed by atoms with Crippen molar-refractivity contribution in [3.05, 3.63) is 0 Å². The van der Waals surface area contributed by atoms with Crippen molar-refractivity contribution < 1.29 is 14.4 Å². The number of urea groups is 1. The first-order chi connectivity index (χ1) is 10.9. The second kappa shape index (κ2) is 7.77. The van der Waals surface area contributed by atoms with Gasteiger partial charge in [0, 0.05) is 19.1 Å². The molecule has 2 fully saturated rings. The largest absolute Gasteiger partial charge is 0.353 e. The molecule has 2 rings (SSSR count). The summed E-state index contributed by atoms with van der Waals surface area (Å²) in [5.74, 6) is -0.615. The molecule has 0 radical (unpaired) electrons. The van der Waals surface area contributed by atoms with Gasteiger partial charge in [0.1, 0.15) is 12.1 Å². The van der Waals surface area contributed by atoms with Crippen molar-refractivity contribution in [2.75, 3.05) is 19.6 Å². The molecular weight excluding hydrogens is 296 g/mol. The molecular formula is C16H28N4O3. The zero-order valence-corrected chi connectivity index (χ0v) is 14.1. The summed E-state index contributed by atoms with van der Waals surface area (Å²) in [7, 11) is 0. The van der Waals surface area contributed by atoms with E-state index in [9.17, 15) is 14.4 Å². The number of rotatable bonds is 6. The highest BCUT2D eigenvalue weighted by Crippen LogP contribution is 2.20. The molecule has 2 aliphatic rings. The maximum Gasteiger partial charge on any atom is 0.325 e. The average molecular weight is 324 g/mol. The van der Waals surface area contributed by atoms with Crippen molar-refractivity contribution in [2.45, 2.75) is 64.0 Å². The predicted molar refractivity (Wildman–Crippen MR) is 86.8 cm³/mol. The maximum atomic E-state index is 12.0. The lowest BCUT2D eigenvalue weighted by Crippen LogP contribution is -2.49. The van der Waals surface area contributed by atoms with E-state index < -0.39 is 11.6 Å². The monoisotopic (exact) mass is 324 g/mol. The van der Waals surface area contributed by atoms with Crippen LogP contribution >= 0.6 is 0 Å². The highest BCUT2D eigenvalue weighted by molar-refractivity contribution is 6.07. The number of hydrogen-bond donors (Lipinski definition) is 3. The summed E-state index contributed by atoms with van der Waals surface area (Å²) in [6.07, 6.45) is 7.60. The predicted octanol–water partition coefficient (Wildman–Crippen LogP) is 0.745. The molecule has 0 spiro atoms. The summed E-state index contributed by atoms with van der Waals surface area (Å²) >= 11 is 0. The van der Waals surface area contributed by atoms with Gasteiger partial charge in [-0.25, -0.2) is 4.79 Å². The van der Waals surface area contributed by atoms with Gasteiger partial charge in [0.25, 0.3) is 5.91 Å². The fourth-order valence-electron chi connectivity index (χ4n) is 3.12. The number of nitrogens with one attached hydrogen (secondary N) is 3. The third-order valence-electron chi connectivity index (χ3n) is 4.73. The molecule has 1 aliphatic heterocycles. The maximum absolute atomic E-state index is 12.0. The number of nitrogens with zero attached hydrogens (tertiary/aromatic N) is 1. The molecule has 7 heteroatoms. The fraction of sp³-hybridized carbons (Fsp3) is 0.812. The van der Waals surface area contributed by atoms with Crippen molar-refractivity contribution in [1.29, 1.82) is 0 Å². The molecule has 0 aromatic heterocycles. The van der Waals surface area contributed by atoms with Gasteiger partial charge in [0.05, 0.1) is 0 Å². The van der Waals surface area contributed by atoms with Crippen molar-refractivity contribution in [2.24, 2.45) is 0 Å². The van der Waals surface area contributed by atoms with Gasteiger partial charge in [-0.2, -0.15) is 0 Å². The van der Waals surface area contributed by atoms with Gasteiger partial charge < -0.3 is 15.5 Å². The first-order valence-electron chi connectivity index (χ1n) is 8.54. The smallest absolute Gasteiger partial charge is 0.325 e. The van der Waals surface area contributed by atoms with Crippen LogP contribution in [0.1, 0.15) is 52.4 Å². The summed E-state index contributed by atoms with van der Waals surface area (Å²) < 4.78 is 0. The lowest BCUT2D eigenvalue weighted by atomic mass is 10.0. The molecule has 1 saturated carbocycles. The Morgan fingerprint density at radius 2 is 1.83 bits per heavy atom. The zero-order valence-electron chi connectivity index (χ0n) is 14.1. The average Bonchev–Trinajstić information content (AvgIpc) is 2.71. The van der Waals surface area contributed by atoms with Crippen LogP contribution in [0, 0.1) is 0 Å². The molecule has 1 heterocycles. The van der Waals surface area contributed by atoms with Gasteiger partial charge in [0.2, 0.25) is 5.91 Å². The summed E-state index contributed by atoms with van der Waals surface area (Å²) in [5, 5.41) is 8.52. The van der Waals surface area contributed by atoms with E-state index in [4.69, 9.17) is 0 Å². The Morgan fingerprint density at radius 3 is 2.39 bits per heavy atom. The molecule has 1 aliphatic carbocycles. The topological polar surface area (TPSA) is 90.5 Å². The Labute approximate surface area is 137 Å². The molecule has 130 valence electrons. The van der Waals surface area contributed by atoms with Crippen LogP contribution in [0.15, 0.2) is 0 Å². The molecule has 0 bridgehead atoms. The Hall–Kier alpha value is -1.63. The fourth-order valence-corrected chi connectivity index (χ4v) is 3.12. The van der Waals surface area contributed by atoms with Crippen LogP contribution in [0.3, 0.4) is 0 Å². The lowest BCUT2D eigenvalue weighted by Gasteiger charge is -2.27. The molecule has 0 unspecified atom stereocenters. The van der Waals surface area contributed by atoms with E-state index in [1.807, 2.05) is 0 Å². The van der Waals surface area contributed by atoms with Crippen molar-refractivity contribution >= 4 is 17.8 Å². The molecule has 3 N–H and O–H groups in total. The minimum absolute atomic E-state index is 0.103. The van der Waals surface area contributed by atoms with Crippen LogP contribution in [-0.4, -0.2) is 54.0 Å². The SMILES string of the molecule is CC1(C)C(=O)NC(=O)N1CC(=O)NCCNC1CCCCCC1. The van der Waals surface area contributed by atoms with E-state index in [2.05, 4.69) is 16.0 Å². The van der Waals surface area contributed by atoms with Crippen LogP contribution in [0.5, 0.6) is 0 Å². The Kier molecular flexibility index (Phi) is 5.98. The van der Waals surface area contributed by atoms with E-state index in [0.717, 1.165) is 6.54 Å². The Balaban J connectivity index is 1.67. The molecule has 1 saturated heterocycles.